The summed E-state index contributed by atoms with van der Waals surface area (Å²) in [6.45, 7) is 1.94. The van der Waals surface area contributed by atoms with Crippen molar-refractivity contribution in [2.45, 2.75) is 19.8 Å². The van der Waals surface area contributed by atoms with Crippen molar-refractivity contribution in [2.24, 2.45) is 5.92 Å². The molecule has 0 aliphatic carbocycles. The predicted molar refractivity (Wildman–Crippen MR) is 69.6 cm³/mol. The Labute approximate surface area is 111 Å². The van der Waals surface area contributed by atoms with Crippen LogP contribution in [-0.2, 0) is 16.0 Å². The zero-order valence-corrected chi connectivity index (χ0v) is 10.9. The fourth-order valence-corrected chi connectivity index (χ4v) is 1.75. The smallest absolute Gasteiger partial charge is 0.308 e. The van der Waals surface area contributed by atoms with E-state index in [0.717, 1.165) is 5.56 Å². The molecule has 1 unspecified atom stereocenters. The molecule has 0 spiro atoms. The third kappa shape index (κ3) is 4.75. The van der Waals surface area contributed by atoms with Gasteiger partial charge in [-0.05, 0) is 24.1 Å². The van der Waals surface area contributed by atoms with E-state index in [2.05, 4.69) is 5.32 Å². The minimum atomic E-state index is -0.888. The first-order chi connectivity index (χ1) is 8.52. The second-order valence-corrected chi connectivity index (χ2v) is 4.49. The van der Waals surface area contributed by atoms with Crippen LogP contribution in [0.15, 0.2) is 24.3 Å². The summed E-state index contributed by atoms with van der Waals surface area (Å²) in [7, 11) is 0. The summed E-state index contributed by atoms with van der Waals surface area (Å²) in [6.07, 6.45) is 0.698. The Morgan fingerprint density at radius 3 is 2.72 bits per heavy atom. The van der Waals surface area contributed by atoms with Crippen LogP contribution in [0.1, 0.15) is 18.9 Å². The highest BCUT2D eigenvalue weighted by Crippen LogP contribution is 2.11. The Bertz CT molecular complexity index is 434. The summed E-state index contributed by atoms with van der Waals surface area (Å²) in [5.41, 5.74) is 0.809. The van der Waals surface area contributed by atoms with Crippen LogP contribution in [0.2, 0.25) is 5.02 Å². The zero-order chi connectivity index (χ0) is 13.5. The molecule has 1 aromatic rings. The fourth-order valence-electron chi connectivity index (χ4n) is 1.54. The molecule has 5 heteroatoms. The number of benzene rings is 1. The highest BCUT2D eigenvalue weighted by atomic mass is 35.5. The molecule has 98 valence electrons. The van der Waals surface area contributed by atoms with Crippen molar-refractivity contribution in [1.82, 2.24) is 5.32 Å². The van der Waals surface area contributed by atoms with E-state index in [9.17, 15) is 9.59 Å². The SMILES string of the molecule is CCC(CNC(=O)Cc1cccc(Cl)c1)C(=O)O. The van der Waals surface area contributed by atoms with Gasteiger partial charge in [0.25, 0.3) is 0 Å². The van der Waals surface area contributed by atoms with Crippen LogP contribution in [0.5, 0.6) is 0 Å². The molecule has 0 saturated heterocycles. The number of amides is 1. The van der Waals surface area contributed by atoms with Crippen molar-refractivity contribution < 1.29 is 14.7 Å². The van der Waals surface area contributed by atoms with Crippen LogP contribution in [0.25, 0.3) is 0 Å². The molecule has 0 bridgehead atoms. The minimum absolute atomic E-state index is 0.158. The average Bonchev–Trinajstić information content (AvgIpc) is 2.29. The van der Waals surface area contributed by atoms with Gasteiger partial charge < -0.3 is 10.4 Å². The Morgan fingerprint density at radius 1 is 1.44 bits per heavy atom. The number of carboxylic acids is 1. The van der Waals surface area contributed by atoms with Crippen molar-refractivity contribution in [2.75, 3.05) is 6.54 Å². The zero-order valence-electron chi connectivity index (χ0n) is 10.1. The molecular formula is C13H16ClNO3. The van der Waals surface area contributed by atoms with Gasteiger partial charge >= 0.3 is 5.97 Å². The van der Waals surface area contributed by atoms with Crippen LogP contribution in [0.3, 0.4) is 0 Å². The number of hydrogen-bond acceptors (Lipinski definition) is 2. The lowest BCUT2D eigenvalue weighted by Gasteiger charge is -2.11. The molecule has 1 amide bonds. The van der Waals surface area contributed by atoms with E-state index >= 15 is 0 Å². The van der Waals surface area contributed by atoms with Gasteiger partial charge in [0.05, 0.1) is 12.3 Å². The second kappa shape index (κ2) is 7.01. The van der Waals surface area contributed by atoms with Gasteiger partial charge in [0.2, 0.25) is 5.91 Å². The van der Waals surface area contributed by atoms with Crippen LogP contribution >= 0.6 is 11.6 Å². The highest BCUT2D eigenvalue weighted by molar-refractivity contribution is 6.30. The second-order valence-electron chi connectivity index (χ2n) is 4.05. The maximum absolute atomic E-state index is 11.6. The molecule has 1 aromatic carbocycles. The molecule has 18 heavy (non-hydrogen) atoms. The Hall–Kier alpha value is -1.55. The third-order valence-electron chi connectivity index (χ3n) is 2.64. The molecule has 0 aliphatic rings. The standard InChI is InChI=1S/C13H16ClNO3/c1-2-10(13(17)18)8-15-12(16)7-9-4-3-5-11(14)6-9/h3-6,10H,2,7-8H2,1H3,(H,15,16)(H,17,18). The number of rotatable bonds is 6. The maximum atomic E-state index is 11.6. The molecule has 0 fully saturated rings. The van der Waals surface area contributed by atoms with Gasteiger partial charge in [0, 0.05) is 11.6 Å². The molecule has 2 N–H and O–H groups in total. The number of carboxylic acid groups (broad SMARTS) is 1. The summed E-state index contributed by atoms with van der Waals surface area (Å²) in [5.74, 6) is -1.62. The molecule has 0 heterocycles. The van der Waals surface area contributed by atoms with E-state index in [1.165, 1.54) is 0 Å². The van der Waals surface area contributed by atoms with Crippen molar-refractivity contribution in [1.29, 1.82) is 0 Å². The van der Waals surface area contributed by atoms with Gasteiger partial charge in [-0.3, -0.25) is 9.59 Å². The topological polar surface area (TPSA) is 66.4 Å². The number of aliphatic carboxylic acids is 1. The summed E-state index contributed by atoms with van der Waals surface area (Å²) in [5, 5.41) is 12.0. The molecule has 1 atom stereocenters. The van der Waals surface area contributed by atoms with Crippen LogP contribution < -0.4 is 5.32 Å². The Kier molecular flexibility index (Phi) is 5.65. The largest absolute Gasteiger partial charge is 0.481 e. The van der Waals surface area contributed by atoms with Gasteiger partial charge in [0.15, 0.2) is 0 Å². The van der Waals surface area contributed by atoms with Gasteiger partial charge in [-0.15, -0.1) is 0 Å². The Morgan fingerprint density at radius 2 is 2.17 bits per heavy atom. The van der Waals surface area contributed by atoms with Crippen molar-refractivity contribution in [3.05, 3.63) is 34.9 Å². The highest BCUT2D eigenvalue weighted by Gasteiger charge is 2.15. The molecule has 4 nitrogen and oxygen atoms in total. The molecule has 1 rings (SSSR count). The van der Waals surface area contributed by atoms with Crippen LogP contribution in [0.4, 0.5) is 0 Å². The number of carbonyl (C=O) groups excluding carboxylic acids is 1. The summed E-state index contributed by atoms with van der Waals surface area (Å²) >= 11 is 5.81. The average molecular weight is 270 g/mol. The Balaban J connectivity index is 2.45. The molecule has 0 radical (unpaired) electrons. The number of hydrogen-bond donors (Lipinski definition) is 2. The number of halogens is 1. The van der Waals surface area contributed by atoms with Crippen LogP contribution in [-0.4, -0.2) is 23.5 Å². The lowest BCUT2D eigenvalue weighted by atomic mass is 10.1. The number of nitrogens with one attached hydrogen (secondary N) is 1. The first-order valence-electron chi connectivity index (χ1n) is 5.77. The predicted octanol–water partition coefficient (Wildman–Crippen LogP) is 2.11. The number of carbonyl (C=O) groups is 2. The van der Waals surface area contributed by atoms with E-state index in [1.54, 1.807) is 31.2 Å². The summed E-state index contributed by atoms with van der Waals surface area (Å²) < 4.78 is 0. The van der Waals surface area contributed by atoms with Gasteiger partial charge in [-0.1, -0.05) is 30.7 Å². The monoisotopic (exact) mass is 269 g/mol. The third-order valence-corrected chi connectivity index (χ3v) is 2.88. The lowest BCUT2D eigenvalue weighted by molar-refractivity contribution is -0.141. The minimum Gasteiger partial charge on any atom is -0.481 e. The lowest BCUT2D eigenvalue weighted by Crippen LogP contribution is -2.33. The molecular weight excluding hydrogens is 254 g/mol. The first-order valence-corrected chi connectivity index (χ1v) is 6.14. The van der Waals surface area contributed by atoms with Gasteiger partial charge in [-0.2, -0.15) is 0 Å². The van der Waals surface area contributed by atoms with Crippen molar-refractivity contribution in [3.63, 3.8) is 0 Å². The van der Waals surface area contributed by atoms with Gasteiger partial charge in [0.1, 0.15) is 0 Å². The molecule has 0 aliphatic heterocycles. The van der Waals surface area contributed by atoms with E-state index in [-0.39, 0.29) is 18.9 Å². The van der Waals surface area contributed by atoms with E-state index in [0.29, 0.717) is 11.4 Å². The van der Waals surface area contributed by atoms with Crippen LogP contribution in [0, 0.1) is 5.92 Å². The fraction of sp³-hybridized carbons (Fsp3) is 0.385. The molecule has 0 saturated carbocycles. The summed E-state index contributed by atoms with van der Waals surface area (Å²) in [6, 6.07) is 7.03. The van der Waals surface area contributed by atoms with E-state index < -0.39 is 11.9 Å². The quantitative estimate of drug-likeness (QED) is 0.831. The van der Waals surface area contributed by atoms with Crippen molar-refractivity contribution >= 4 is 23.5 Å². The van der Waals surface area contributed by atoms with E-state index in [4.69, 9.17) is 16.7 Å². The first kappa shape index (κ1) is 14.5. The maximum Gasteiger partial charge on any atom is 0.308 e. The summed E-state index contributed by atoms with van der Waals surface area (Å²) in [4.78, 5) is 22.4. The van der Waals surface area contributed by atoms with Gasteiger partial charge in [-0.25, -0.2) is 0 Å². The normalized spacial score (nSPS) is 11.9. The van der Waals surface area contributed by atoms with E-state index in [1.807, 2.05) is 0 Å². The van der Waals surface area contributed by atoms with Crippen molar-refractivity contribution in [3.8, 4) is 0 Å². The molecule has 0 aromatic heterocycles.